The fourth-order valence-electron chi connectivity index (χ4n) is 3.69. The van der Waals surface area contributed by atoms with Crippen LogP contribution in [0.4, 0.5) is 0 Å². The topological polar surface area (TPSA) is 83.1 Å². The molecule has 6 rings (SSSR count). The number of H-pyrrole nitrogens is 2. The van der Waals surface area contributed by atoms with E-state index in [0.29, 0.717) is 0 Å². The van der Waals surface area contributed by atoms with Gasteiger partial charge in [-0.1, -0.05) is 6.07 Å². The molecule has 0 aliphatic heterocycles. The lowest BCUT2D eigenvalue weighted by Crippen LogP contribution is -1.88. The van der Waals surface area contributed by atoms with E-state index in [1.165, 1.54) is 15.3 Å². The zero-order valence-electron chi connectivity index (χ0n) is 16.0. The largest absolute Gasteiger partial charge is 0.338 e. The molecule has 0 atom stereocenters. The minimum absolute atomic E-state index is 0.772. The summed E-state index contributed by atoms with van der Waals surface area (Å²) >= 11 is 1.78. The van der Waals surface area contributed by atoms with Crippen LogP contribution >= 0.6 is 11.3 Å². The van der Waals surface area contributed by atoms with Gasteiger partial charge in [0.15, 0.2) is 0 Å². The van der Waals surface area contributed by atoms with E-state index in [2.05, 4.69) is 56.3 Å². The summed E-state index contributed by atoms with van der Waals surface area (Å²) < 4.78 is 0. The van der Waals surface area contributed by atoms with Gasteiger partial charge in [-0.15, -0.1) is 11.3 Å². The Morgan fingerprint density at radius 2 is 1.87 bits per heavy atom. The Hall–Kier alpha value is -3.84. The van der Waals surface area contributed by atoms with Crippen molar-refractivity contribution in [3.05, 3.63) is 71.9 Å². The molecule has 6 aromatic rings. The number of aromatic amines is 2. The van der Waals surface area contributed by atoms with E-state index in [9.17, 15) is 0 Å². The van der Waals surface area contributed by atoms with Crippen molar-refractivity contribution in [2.24, 2.45) is 0 Å². The van der Waals surface area contributed by atoms with Crippen LogP contribution in [0.2, 0.25) is 0 Å². The first kappa shape index (κ1) is 17.1. The summed E-state index contributed by atoms with van der Waals surface area (Å²) in [5.41, 5.74) is 7.00. The van der Waals surface area contributed by atoms with Gasteiger partial charge in [0.05, 0.1) is 22.6 Å². The van der Waals surface area contributed by atoms with Gasteiger partial charge in [-0.25, -0.2) is 9.97 Å². The first-order valence-electron chi connectivity index (χ1n) is 9.58. The molecule has 0 aliphatic rings. The van der Waals surface area contributed by atoms with Crippen LogP contribution in [0.1, 0.15) is 4.88 Å². The number of pyridine rings is 3. The van der Waals surface area contributed by atoms with Crippen molar-refractivity contribution in [1.82, 2.24) is 30.1 Å². The van der Waals surface area contributed by atoms with Crippen LogP contribution < -0.4 is 0 Å². The van der Waals surface area contributed by atoms with Gasteiger partial charge >= 0.3 is 0 Å². The van der Waals surface area contributed by atoms with Crippen LogP contribution in [0.15, 0.2) is 67.0 Å². The van der Waals surface area contributed by atoms with Crippen molar-refractivity contribution >= 4 is 33.4 Å². The summed E-state index contributed by atoms with van der Waals surface area (Å²) in [4.78, 5) is 19.7. The monoisotopic (exact) mass is 408 g/mol. The summed E-state index contributed by atoms with van der Waals surface area (Å²) in [5, 5.41) is 8.70. The molecule has 0 saturated carbocycles. The van der Waals surface area contributed by atoms with Crippen LogP contribution in [0.3, 0.4) is 0 Å². The van der Waals surface area contributed by atoms with Gasteiger partial charge in [0.1, 0.15) is 16.9 Å². The molecule has 0 amide bonds. The molecule has 0 aliphatic carbocycles. The van der Waals surface area contributed by atoms with E-state index in [4.69, 9.17) is 4.98 Å². The minimum Gasteiger partial charge on any atom is -0.338 e. The summed E-state index contributed by atoms with van der Waals surface area (Å²) in [6.07, 6.45) is 3.61. The molecule has 6 heterocycles. The fourth-order valence-corrected chi connectivity index (χ4v) is 4.60. The first-order valence-corrected chi connectivity index (χ1v) is 10.4. The summed E-state index contributed by atoms with van der Waals surface area (Å²) in [5.74, 6) is 0. The molecule has 30 heavy (non-hydrogen) atoms. The van der Waals surface area contributed by atoms with Crippen molar-refractivity contribution in [1.29, 1.82) is 0 Å². The second-order valence-electron chi connectivity index (χ2n) is 7.09. The van der Waals surface area contributed by atoms with Gasteiger partial charge in [0, 0.05) is 33.1 Å². The Bertz CT molecular complexity index is 1510. The standard InChI is InChI=1S/C23H16N6S/c1-13-5-8-20(30-13)14-9-11-25-23-15(14)12-19(27-23)22-21-18(28-29-22)7-6-17(26-21)16-4-2-3-10-24-16/h2-12H,1H3,(H,25,27)(H,28,29). The third-order valence-electron chi connectivity index (χ3n) is 5.13. The molecular formula is C23H16N6S. The number of hydrogen-bond donors (Lipinski definition) is 2. The molecule has 0 radical (unpaired) electrons. The maximum atomic E-state index is 4.84. The molecule has 0 unspecified atom stereocenters. The van der Waals surface area contributed by atoms with Gasteiger partial charge in [0.2, 0.25) is 0 Å². The number of fused-ring (bicyclic) bond motifs is 2. The normalized spacial score (nSPS) is 11.5. The highest BCUT2D eigenvalue weighted by atomic mass is 32.1. The Morgan fingerprint density at radius 3 is 2.70 bits per heavy atom. The smallest absolute Gasteiger partial charge is 0.138 e. The predicted molar refractivity (Wildman–Crippen MR) is 120 cm³/mol. The molecular weight excluding hydrogens is 392 g/mol. The zero-order chi connectivity index (χ0) is 20.1. The second-order valence-corrected chi connectivity index (χ2v) is 8.38. The van der Waals surface area contributed by atoms with Gasteiger partial charge < -0.3 is 4.98 Å². The molecule has 0 spiro atoms. The highest BCUT2D eigenvalue weighted by Crippen LogP contribution is 2.35. The van der Waals surface area contributed by atoms with E-state index in [1.54, 1.807) is 17.5 Å². The van der Waals surface area contributed by atoms with Crippen molar-refractivity contribution < 1.29 is 0 Å². The van der Waals surface area contributed by atoms with Crippen molar-refractivity contribution in [2.45, 2.75) is 6.92 Å². The number of aromatic nitrogens is 6. The van der Waals surface area contributed by atoms with Crippen LogP contribution in [0.5, 0.6) is 0 Å². The van der Waals surface area contributed by atoms with Crippen molar-refractivity contribution in [3.63, 3.8) is 0 Å². The second kappa shape index (κ2) is 6.60. The van der Waals surface area contributed by atoms with Gasteiger partial charge in [0.25, 0.3) is 0 Å². The van der Waals surface area contributed by atoms with E-state index >= 15 is 0 Å². The van der Waals surface area contributed by atoms with Crippen molar-refractivity contribution in [2.75, 3.05) is 0 Å². The molecule has 6 aromatic heterocycles. The molecule has 144 valence electrons. The molecule has 7 heteroatoms. The van der Waals surface area contributed by atoms with Crippen LogP contribution in [-0.2, 0) is 0 Å². The van der Waals surface area contributed by atoms with E-state index in [1.807, 2.05) is 36.5 Å². The van der Waals surface area contributed by atoms with Gasteiger partial charge in [-0.05, 0) is 55.5 Å². The summed E-state index contributed by atoms with van der Waals surface area (Å²) in [7, 11) is 0. The van der Waals surface area contributed by atoms with Crippen LogP contribution in [0.25, 0.3) is 55.3 Å². The lowest BCUT2D eigenvalue weighted by Gasteiger charge is -2.00. The number of aryl methyl sites for hydroxylation is 1. The average molecular weight is 408 g/mol. The zero-order valence-corrected chi connectivity index (χ0v) is 16.9. The van der Waals surface area contributed by atoms with E-state index in [0.717, 1.165) is 44.8 Å². The molecule has 6 nitrogen and oxygen atoms in total. The Kier molecular flexibility index (Phi) is 3.75. The highest BCUT2D eigenvalue weighted by Gasteiger charge is 2.16. The Labute approximate surface area is 175 Å². The number of nitrogens with zero attached hydrogens (tertiary/aromatic N) is 4. The van der Waals surface area contributed by atoms with E-state index in [-0.39, 0.29) is 0 Å². The molecule has 0 saturated heterocycles. The van der Waals surface area contributed by atoms with Crippen LogP contribution in [0, 0.1) is 6.92 Å². The molecule has 0 fully saturated rings. The third kappa shape index (κ3) is 2.71. The number of thiophene rings is 1. The SMILES string of the molecule is Cc1ccc(-c2ccnc3[nH]c(-c4n[nH]c5ccc(-c6ccccn6)nc45)cc23)s1. The Morgan fingerprint density at radius 1 is 0.900 bits per heavy atom. The quantitative estimate of drug-likeness (QED) is 0.399. The lowest BCUT2D eigenvalue weighted by atomic mass is 10.1. The number of hydrogen-bond acceptors (Lipinski definition) is 5. The maximum absolute atomic E-state index is 4.84. The Balaban J connectivity index is 1.52. The third-order valence-corrected chi connectivity index (χ3v) is 6.16. The molecule has 2 N–H and O–H groups in total. The summed E-state index contributed by atoms with van der Waals surface area (Å²) in [6, 6.07) is 18.2. The number of nitrogens with one attached hydrogen (secondary N) is 2. The van der Waals surface area contributed by atoms with Gasteiger partial charge in [-0.3, -0.25) is 10.1 Å². The fraction of sp³-hybridized carbons (Fsp3) is 0.0435. The molecule has 0 aromatic carbocycles. The average Bonchev–Trinajstić information content (AvgIpc) is 3.51. The maximum Gasteiger partial charge on any atom is 0.138 e. The minimum atomic E-state index is 0.772. The lowest BCUT2D eigenvalue weighted by molar-refractivity contribution is 1.12. The van der Waals surface area contributed by atoms with Crippen molar-refractivity contribution in [3.8, 4) is 33.2 Å². The first-order chi connectivity index (χ1) is 14.8. The van der Waals surface area contributed by atoms with Crippen LogP contribution in [-0.4, -0.2) is 30.1 Å². The highest BCUT2D eigenvalue weighted by molar-refractivity contribution is 7.15. The summed E-state index contributed by atoms with van der Waals surface area (Å²) in [6.45, 7) is 2.12. The van der Waals surface area contributed by atoms with Gasteiger partial charge in [-0.2, -0.15) is 5.10 Å². The molecule has 0 bridgehead atoms. The predicted octanol–water partition coefficient (Wildman–Crippen LogP) is 5.60. The van der Waals surface area contributed by atoms with E-state index < -0.39 is 0 Å². The number of rotatable bonds is 3.